The van der Waals surface area contributed by atoms with Crippen molar-refractivity contribution in [3.8, 4) is 11.5 Å². The molecule has 0 aliphatic heterocycles. The Morgan fingerprint density at radius 2 is 1.55 bits per heavy atom. The Morgan fingerprint density at radius 3 is 2.24 bits per heavy atom. The Kier molecular flexibility index (Phi) is 6.63. The topological polar surface area (TPSA) is 67.4 Å². The quantitative estimate of drug-likeness (QED) is 0.599. The molecule has 5 nitrogen and oxygen atoms in total. The maximum absolute atomic E-state index is 12.7. The third-order valence-corrected chi connectivity index (χ3v) is 4.38. The standard InChI is InChI=1S/C24H24N2O3/c1-17-12-14-19(15-13-17)22(25-18(2)27)16-24(28)26-21-10-6-7-11-23(21)29-20-8-4-3-5-9-20/h3-15,22H,16H2,1-2H3,(H,25,27)(H,26,28). The van der Waals surface area contributed by atoms with Gasteiger partial charge >= 0.3 is 0 Å². The first-order valence-corrected chi connectivity index (χ1v) is 9.47. The van der Waals surface area contributed by atoms with Crippen LogP contribution in [0.25, 0.3) is 0 Å². The lowest BCUT2D eigenvalue weighted by molar-refractivity contribution is -0.120. The highest BCUT2D eigenvalue weighted by Gasteiger charge is 2.18. The maximum atomic E-state index is 12.7. The number of hydrogen-bond acceptors (Lipinski definition) is 3. The van der Waals surface area contributed by atoms with Crippen LogP contribution < -0.4 is 15.4 Å². The first-order valence-electron chi connectivity index (χ1n) is 9.47. The second kappa shape index (κ2) is 9.55. The van der Waals surface area contributed by atoms with Crippen LogP contribution >= 0.6 is 0 Å². The van der Waals surface area contributed by atoms with Crippen LogP contribution in [0.4, 0.5) is 5.69 Å². The van der Waals surface area contributed by atoms with Crippen LogP contribution in [0.15, 0.2) is 78.9 Å². The number of benzene rings is 3. The molecule has 1 atom stereocenters. The van der Waals surface area contributed by atoms with Gasteiger partial charge < -0.3 is 15.4 Å². The Morgan fingerprint density at radius 1 is 0.897 bits per heavy atom. The number of ether oxygens (including phenoxy) is 1. The van der Waals surface area contributed by atoms with E-state index in [0.717, 1.165) is 11.1 Å². The number of aryl methyl sites for hydroxylation is 1. The number of rotatable bonds is 7. The minimum atomic E-state index is -0.407. The summed E-state index contributed by atoms with van der Waals surface area (Å²) in [5.74, 6) is 0.841. The van der Waals surface area contributed by atoms with Crippen LogP contribution in [0.3, 0.4) is 0 Å². The first-order chi connectivity index (χ1) is 14.0. The maximum Gasteiger partial charge on any atom is 0.226 e. The molecule has 29 heavy (non-hydrogen) atoms. The minimum Gasteiger partial charge on any atom is -0.455 e. The zero-order valence-corrected chi connectivity index (χ0v) is 16.5. The Balaban J connectivity index is 1.73. The number of nitrogens with one attached hydrogen (secondary N) is 2. The van der Waals surface area contributed by atoms with E-state index in [1.807, 2.05) is 73.7 Å². The van der Waals surface area contributed by atoms with E-state index in [2.05, 4.69) is 10.6 Å². The van der Waals surface area contributed by atoms with Gasteiger partial charge in [-0.05, 0) is 36.8 Å². The van der Waals surface area contributed by atoms with Gasteiger partial charge in [-0.3, -0.25) is 9.59 Å². The lowest BCUT2D eigenvalue weighted by Crippen LogP contribution is -2.29. The molecule has 3 aromatic rings. The fourth-order valence-electron chi connectivity index (χ4n) is 2.96. The fraction of sp³-hybridized carbons (Fsp3) is 0.167. The van der Waals surface area contributed by atoms with Gasteiger partial charge in [0.05, 0.1) is 18.2 Å². The molecule has 5 heteroatoms. The second-order valence-electron chi connectivity index (χ2n) is 6.83. The summed E-state index contributed by atoms with van der Waals surface area (Å²) in [5.41, 5.74) is 2.58. The van der Waals surface area contributed by atoms with Crippen LogP contribution in [-0.2, 0) is 9.59 Å². The third kappa shape index (κ3) is 5.94. The predicted molar refractivity (Wildman–Crippen MR) is 114 cm³/mol. The van der Waals surface area contributed by atoms with Crippen molar-refractivity contribution in [1.29, 1.82) is 0 Å². The van der Waals surface area contributed by atoms with E-state index in [1.165, 1.54) is 6.92 Å². The molecule has 1 unspecified atom stereocenters. The molecule has 0 saturated heterocycles. The minimum absolute atomic E-state index is 0.113. The number of carbonyl (C=O) groups excluding carboxylic acids is 2. The van der Waals surface area contributed by atoms with Crippen molar-refractivity contribution in [1.82, 2.24) is 5.32 Å². The third-order valence-electron chi connectivity index (χ3n) is 4.38. The van der Waals surface area contributed by atoms with E-state index in [4.69, 9.17) is 4.74 Å². The zero-order valence-electron chi connectivity index (χ0n) is 16.5. The van der Waals surface area contributed by atoms with Gasteiger partial charge in [-0.15, -0.1) is 0 Å². The molecule has 0 heterocycles. The van der Waals surface area contributed by atoms with Gasteiger partial charge in [0.25, 0.3) is 0 Å². The molecular formula is C24H24N2O3. The monoisotopic (exact) mass is 388 g/mol. The van der Waals surface area contributed by atoms with Gasteiger partial charge in [-0.2, -0.15) is 0 Å². The SMILES string of the molecule is CC(=O)NC(CC(=O)Nc1ccccc1Oc1ccccc1)c1ccc(C)cc1. The normalized spacial score (nSPS) is 11.4. The van der Waals surface area contributed by atoms with Crippen LogP contribution in [-0.4, -0.2) is 11.8 Å². The first kappa shape index (κ1) is 20.1. The molecule has 0 aliphatic rings. The summed E-state index contributed by atoms with van der Waals surface area (Å²) < 4.78 is 5.89. The summed E-state index contributed by atoms with van der Waals surface area (Å²) >= 11 is 0. The summed E-state index contributed by atoms with van der Waals surface area (Å²) in [6.45, 7) is 3.44. The molecule has 2 amide bonds. The highest BCUT2D eigenvalue weighted by Crippen LogP contribution is 2.29. The summed E-state index contributed by atoms with van der Waals surface area (Å²) in [5, 5.41) is 5.76. The predicted octanol–water partition coefficient (Wildman–Crippen LogP) is 4.99. The summed E-state index contributed by atoms with van der Waals surface area (Å²) in [7, 11) is 0. The average Bonchev–Trinajstić information content (AvgIpc) is 2.70. The lowest BCUT2D eigenvalue weighted by atomic mass is 10.0. The molecule has 3 rings (SSSR count). The number of anilines is 1. The molecule has 148 valence electrons. The Bertz CT molecular complexity index is 969. The molecule has 0 aliphatic carbocycles. The molecule has 0 radical (unpaired) electrons. The summed E-state index contributed by atoms with van der Waals surface area (Å²) in [4.78, 5) is 24.4. The van der Waals surface area contributed by atoms with Crippen LogP contribution in [0.5, 0.6) is 11.5 Å². The highest BCUT2D eigenvalue weighted by atomic mass is 16.5. The average molecular weight is 388 g/mol. The van der Waals surface area contributed by atoms with Crippen molar-refractivity contribution in [2.45, 2.75) is 26.3 Å². The van der Waals surface area contributed by atoms with E-state index >= 15 is 0 Å². The van der Waals surface area contributed by atoms with Crippen LogP contribution in [0.1, 0.15) is 30.5 Å². The molecule has 2 N–H and O–H groups in total. The zero-order chi connectivity index (χ0) is 20.6. The number of carbonyl (C=O) groups is 2. The van der Waals surface area contributed by atoms with E-state index in [9.17, 15) is 9.59 Å². The van der Waals surface area contributed by atoms with E-state index in [1.54, 1.807) is 12.1 Å². The summed E-state index contributed by atoms with van der Waals surface area (Å²) in [6, 6.07) is 24.0. The second-order valence-corrected chi connectivity index (χ2v) is 6.83. The van der Waals surface area contributed by atoms with E-state index in [0.29, 0.717) is 17.2 Å². The van der Waals surface area contributed by atoms with Gasteiger partial charge in [0.1, 0.15) is 5.75 Å². The van der Waals surface area contributed by atoms with Gasteiger partial charge in [0.2, 0.25) is 11.8 Å². The van der Waals surface area contributed by atoms with Crippen LogP contribution in [0, 0.1) is 6.92 Å². The highest BCUT2D eigenvalue weighted by molar-refractivity contribution is 5.93. The van der Waals surface area contributed by atoms with Crippen molar-refractivity contribution in [2.75, 3.05) is 5.32 Å². The van der Waals surface area contributed by atoms with Crippen LogP contribution in [0.2, 0.25) is 0 Å². The number of hydrogen-bond donors (Lipinski definition) is 2. The van der Waals surface area contributed by atoms with Gasteiger partial charge in [-0.25, -0.2) is 0 Å². The Hall–Kier alpha value is -3.60. The van der Waals surface area contributed by atoms with E-state index in [-0.39, 0.29) is 18.2 Å². The molecule has 0 fully saturated rings. The molecule has 3 aromatic carbocycles. The number of para-hydroxylation sites is 3. The molecule has 0 aromatic heterocycles. The van der Waals surface area contributed by atoms with Gasteiger partial charge in [0, 0.05) is 6.92 Å². The lowest BCUT2D eigenvalue weighted by Gasteiger charge is -2.19. The molecule has 0 saturated carbocycles. The van der Waals surface area contributed by atoms with E-state index < -0.39 is 6.04 Å². The van der Waals surface area contributed by atoms with Crippen molar-refractivity contribution < 1.29 is 14.3 Å². The fourth-order valence-corrected chi connectivity index (χ4v) is 2.96. The van der Waals surface area contributed by atoms with Gasteiger partial charge in [-0.1, -0.05) is 60.2 Å². The van der Waals surface area contributed by atoms with Crippen molar-refractivity contribution >= 4 is 17.5 Å². The number of amides is 2. The van der Waals surface area contributed by atoms with Crippen molar-refractivity contribution in [3.63, 3.8) is 0 Å². The molecule has 0 bridgehead atoms. The Labute approximate surface area is 170 Å². The smallest absolute Gasteiger partial charge is 0.226 e. The largest absolute Gasteiger partial charge is 0.455 e. The molecule has 0 spiro atoms. The summed E-state index contributed by atoms with van der Waals surface area (Å²) in [6.07, 6.45) is 0.113. The van der Waals surface area contributed by atoms with Crippen molar-refractivity contribution in [3.05, 3.63) is 90.0 Å². The molecular weight excluding hydrogens is 364 g/mol. The van der Waals surface area contributed by atoms with Gasteiger partial charge in [0.15, 0.2) is 5.75 Å². The van der Waals surface area contributed by atoms with Crippen molar-refractivity contribution in [2.24, 2.45) is 0 Å².